The Kier molecular flexibility index (Phi) is 6.15. The van der Waals surface area contributed by atoms with Gasteiger partial charge in [-0.3, -0.25) is 4.79 Å². The normalized spacial score (nSPS) is 29.0. The Balaban J connectivity index is 1.65. The lowest BCUT2D eigenvalue weighted by Crippen LogP contribution is -2.50. The van der Waals surface area contributed by atoms with Crippen molar-refractivity contribution in [1.29, 1.82) is 0 Å². The van der Waals surface area contributed by atoms with E-state index in [9.17, 15) is 9.59 Å². The average Bonchev–Trinajstić information content (AvgIpc) is 3.05. The molecule has 0 bridgehead atoms. The Hall–Kier alpha value is -1.85. The van der Waals surface area contributed by atoms with Crippen LogP contribution >= 0.6 is 0 Å². The first-order valence-electron chi connectivity index (χ1n) is 10.7. The summed E-state index contributed by atoms with van der Waals surface area (Å²) in [4.78, 5) is 31.3. The van der Waals surface area contributed by atoms with E-state index in [4.69, 9.17) is 4.74 Å². The van der Waals surface area contributed by atoms with E-state index in [0.717, 1.165) is 18.0 Å². The number of imide groups is 1. The molecule has 3 rings (SSSR count). The van der Waals surface area contributed by atoms with Crippen molar-refractivity contribution in [2.24, 2.45) is 17.8 Å². The highest BCUT2D eigenvalue weighted by molar-refractivity contribution is 5.94. The number of hydrogen-bond donors (Lipinski definition) is 0. The van der Waals surface area contributed by atoms with Crippen LogP contribution in [-0.2, 0) is 16.0 Å². The number of rotatable bonds is 3. The first kappa shape index (κ1) is 20.9. The molecule has 2 aliphatic rings. The molecule has 0 unspecified atom stereocenters. The first-order valence-corrected chi connectivity index (χ1v) is 10.7. The molecule has 6 nitrogen and oxygen atoms in total. The smallest absolute Gasteiger partial charge is 0.417 e. The van der Waals surface area contributed by atoms with Gasteiger partial charge in [0.15, 0.2) is 0 Å². The second-order valence-electron chi connectivity index (χ2n) is 9.90. The van der Waals surface area contributed by atoms with Gasteiger partial charge in [0.25, 0.3) is 0 Å². The Labute approximate surface area is 168 Å². The lowest BCUT2D eigenvalue weighted by molar-refractivity contribution is -0.138. The van der Waals surface area contributed by atoms with E-state index in [1.165, 1.54) is 30.6 Å². The minimum atomic E-state index is -0.607. The van der Waals surface area contributed by atoms with Crippen molar-refractivity contribution in [1.82, 2.24) is 14.5 Å². The molecule has 2 fully saturated rings. The Morgan fingerprint density at radius 1 is 1.18 bits per heavy atom. The number of ether oxygens (including phenoxy) is 1. The molecule has 2 amide bonds. The zero-order chi connectivity index (χ0) is 20.5. The van der Waals surface area contributed by atoms with Crippen LogP contribution in [-0.4, -0.2) is 38.6 Å². The van der Waals surface area contributed by atoms with Gasteiger partial charge in [-0.1, -0.05) is 13.8 Å². The third-order valence-corrected chi connectivity index (χ3v) is 5.93. The van der Waals surface area contributed by atoms with Crippen molar-refractivity contribution in [3.63, 3.8) is 0 Å². The van der Waals surface area contributed by atoms with Gasteiger partial charge in [0.2, 0.25) is 5.91 Å². The second-order valence-corrected chi connectivity index (χ2v) is 9.90. The maximum Gasteiger partial charge on any atom is 0.417 e. The first-order chi connectivity index (χ1) is 13.1. The van der Waals surface area contributed by atoms with Crippen LogP contribution in [0.2, 0.25) is 0 Å². The van der Waals surface area contributed by atoms with E-state index in [1.807, 2.05) is 27.1 Å². The van der Waals surface area contributed by atoms with Gasteiger partial charge in [-0.05, 0) is 64.7 Å². The maximum absolute atomic E-state index is 12.9. The van der Waals surface area contributed by atoms with E-state index in [0.29, 0.717) is 19.0 Å². The molecule has 1 aromatic heterocycles. The molecule has 0 spiro atoms. The van der Waals surface area contributed by atoms with Crippen molar-refractivity contribution in [3.8, 4) is 0 Å². The number of aromatic nitrogens is 2. The summed E-state index contributed by atoms with van der Waals surface area (Å²) in [6.45, 7) is 10.3. The second kappa shape index (κ2) is 8.26. The van der Waals surface area contributed by atoms with E-state index >= 15 is 0 Å². The Bertz CT molecular complexity index is 698. The van der Waals surface area contributed by atoms with E-state index in [-0.39, 0.29) is 17.7 Å². The fourth-order valence-corrected chi connectivity index (χ4v) is 4.41. The van der Waals surface area contributed by atoms with Crippen LogP contribution in [0.3, 0.4) is 0 Å². The zero-order valence-corrected chi connectivity index (χ0v) is 18.0. The largest absolute Gasteiger partial charge is 0.443 e. The molecule has 6 heteroatoms. The molecule has 1 aliphatic carbocycles. The predicted molar refractivity (Wildman–Crippen MR) is 108 cm³/mol. The monoisotopic (exact) mass is 389 g/mol. The van der Waals surface area contributed by atoms with E-state index in [2.05, 4.69) is 29.6 Å². The molecule has 2 atom stereocenters. The van der Waals surface area contributed by atoms with Crippen LogP contribution in [0.1, 0.15) is 78.5 Å². The van der Waals surface area contributed by atoms with Crippen LogP contribution < -0.4 is 0 Å². The SMILES string of the molecule is CC1CCC(n2cnc(C[C@@H]3C[C@@H](C)CN(C(=O)OC(C)(C)C)C3=O)c2)CC1. The number of likely N-dealkylation sites (tertiary alicyclic amines) is 1. The summed E-state index contributed by atoms with van der Waals surface area (Å²) >= 11 is 0. The van der Waals surface area contributed by atoms with Crippen molar-refractivity contribution < 1.29 is 14.3 Å². The Morgan fingerprint density at radius 3 is 2.50 bits per heavy atom. The van der Waals surface area contributed by atoms with Gasteiger partial charge in [-0.25, -0.2) is 14.7 Å². The lowest BCUT2D eigenvalue weighted by atomic mass is 9.86. The van der Waals surface area contributed by atoms with Crippen molar-refractivity contribution in [2.75, 3.05) is 6.54 Å². The highest BCUT2D eigenvalue weighted by Gasteiger charge is 2.38. The molecule has 156 valence electrons. The number of carbonyl (C=O) groups is 2. The summed E-state index contributed by atoms with van der Waals surface area (Å²) in [7, 11) is 0. The van der Waals surface area contributed by atoms with Crippen LogP contribution in [0, 0.1) is 17.8 Å². The summed E-state index contributed by atoms with van der Waals surface area (Å²) in [6, 6.07) is 0.525. The molecule has 1 saturated carbocycles. The van der Waals surface area contributed by atoms with Gasteiger partial charge in [0.05, 0.1) is 12.0 Å². The fraction of sp³-hybridized carbons (Fsp3) is 0.773. The zero-order valence-electron chi connectivity index (χ0n) is 18.0. The van der Waals surface area contributed by atoms with Gasteiger partial charge >= 0.3 is 6.09 Å². The molecule has 0 N–H and O–H groups in total. The minimum Gasteiger partial charge on any atom is -0.443 e. The standard InChI is InChI=1S/C22H35N3O3/c1-15-6-8-19(9-7-15)24-13-18(23-14-24)11-17-10-16(2)12-25(20(17)26)21(27)28-22(3,4)5/h13-17,19H,6-12H2,1-5H3/t15?,16-,17+,19?/m1/s1. The number of amides is 2. The van der Waals surface area contributed by atoms with Crippen molar-refractivity contribution >= 4 is 12.0 Å². The molecule has 0 aromatic carbocycles. The van der Waals surface area contributed by atoms with E-state index < -0.39 is 11.7 Å². The number of imidazole rings is 1. The van der Waals surface area contributed by atoms with Crippen LogP contribution in [0.25, 0.3) is 0 Å². The van der Waals surface area contributed by atoms with Gasteiger partial charge in [-0.15, -0.1) is 0 Å². The summed E-state index contributed by atoms with van der Waals surface area (Å²) < 4.78 is 7.66. The van der Waals surface area contributed by atoms with Crippen molar-refractivity contribution in [3.05, 3.63) is 18.2 Å². The van der Waals surface area contributed by atoms with Gasteiger partial charge in [-0.2, -0.15) is 0 Å². The average molecular weight is 390 g/mol. The third-order valence-electron chi connectivity index (χ3n) is 5.93. The third kappa shape index (κ3) is 5.15. The minimum absolute atomic E-state index is 0.131. The number of nitrogens with zero attached hydrogens (tertiary/aromatic N) is 3. The van der Waals surface area contributed by atoms with Crippen LogP contribution in [0.4, 0.5) is 4.79 Å². The van der Waals surface area contributed by atoms with Crippen LogP contribution in [0.15, 0.2) is 12.5 Å². The van der Waals surface area contributed by atoms with Gasteiger partial charge < -0.3 is 9.30 Å². The topological polar surface area (TPSA) is 64.4 Å². The Morgan fingerprint density at radius 2 is 1.86 bits per heavy atom. The maximum atomic E-state index is 12.9. The predicted octanol–water partition coefficient (Wildman–Crippen LogP) is 4.60. The summed E-state index contributed by atoms with van der Waals surface area (Å²) in [5, 5.41) is 0. The quantitative estimate of drug-likeness (QED) is 0.758. The summed E-state index contributed by atoms with van der Waals surface area (Å²) in [5.41, 5.74) is 0.333. The lowest BCUT2D eigenvalue weighted by Gasteiger charge is -2.35. The molecule has 1 aliphatic heterocycles. The molecule has 1 aromatic rings. The highest BCUT2D eigenvalue weighted by Crippen LogP contribution is 2.32. The highest BCUT2D eigenvalue weighted by atomic mass is 16.6. The van der Waals surface area contributed by atoms with Gasteiger partial charge in [0.1, 0.15) is 5.60 Å². The van der Waals surface area contributed by atoms with Crippen LogP contribution in [0.5, 0.6) is 0 Å². The molecular weight excluding hydrogens is 354 g/mol. The summed E-state index contributed by atoms with van der Waals surface area (Å²) in [6.07, 6.45) is 9.78. The number of piperidine rings is 1. The molecule has 0 radical (unpaired) electrons. The molecule has 2 heterocycles. The molecule has 1 saturated heterocycles. The molecule has 28 heavy (non-hydrogen) atoms. The fourth-order valence-electron chi connectivity index (χ4n) is 4.41. The number of carbonyl (C=O) groups excluding carboxylic acids is 2. The molecular formula is C22H35N3O3. The van der Waals surface area contributed by atoms with E-state index in [1.54, 1.807) is 0 Å². The number of hydrogen-bond acceptors (Lipinski definition) is 4. The van der Waals surface area contributed by atoms with Gasteiger partial charge in [0, 0.05) is 31.1 Å². The summed E-state index contributed by atoms with van der Waals surface area (Å²) in [5.74, 6) is 0.732. The van der Waals surface area contributed by atoms with Crippen molar-refractivity contribution in [2.45, 2.75) is 84.8 Å².